The molecule has 3 rings (SSSR count). The number of unbranched alkanes of at least 4 members (excludes halogenated alkanes) is 8. The first-order chi connectivity index (χ1) is 13.2. The molecule has 0 aliphatic carbocycles. The molecule has 3 heteroatoms. The third kappa shape index (κ3) is 4.71. The van der Waals surface area contributed by atoms with Crippen LogP contribution in [0.2, 0.25) is 0 Å². The number of fused-ring (bicyclic) bond motifs is 3. The van der Waals surface area contributed by atoms with Gasteiger partial charge in [0.05, 0.1) is 11.0 Å². The van der Waals surface area contributed by atoms with Crippen LogP contribution in [0.1, 0.15) is 75.9 Å². The van der Waals surface area contributed by atoms with Crippen molar-refractivity contribution in [2.24, 2.45) is 0 Å². The van der Waals surface area contributed by atoms with Crippen LogP contribution >= 0.6 is 0 Å². The van der Waals surface area contributed by atoms with Crippen LogP contribution in [0.5, 0.6) is 0 Å². The van der Waals surface area contributed by atoms with Gasteiger partial charge in [-0.2, -0.15) is 0 Å². The molecular formula is C24H32N2O. The van der Waals surface area contributed by atoms with Crippen LogP contribution in [0.15, 0.2) is 42.5 Å². The Labute approximate surface area is 162 Å². The quantitative estimate of drug-likeness (QED) is 0.313. The lowest BCUT2D eigenvalue weighted by Gasteiger charge is -2.07. The average molecular weight is 365 g/mol. The molecule has 0 saturated heterocycles. The molecule has 0 spiro atoms. The topological polar surface area (TPSA) is 48.0 Å². The second kappa shape index (κ2) is 9.59. The minimum Gasteiger partial charge on any atom is -0.399 e. The lowest BCUT2D eigenvalue weighted by atomic mass is 10.1. The van der Waals surface area contributed by atoms with Crippen molar-refractivity contribution in [3.05, 3.63) is 42.5 Å². The zero-order chi connectivity index (χ0) is 19.1. The summed E-state index contributed by atoms with van der Waals surface area (Å²) in [7, 11) is 0. The monoisotopic (exact) mass is 364 g/mol. The van der Waals surface area contributed by atoms with Gasteiger partial charge in [-0.1, -0.05) is 76.5 Å². The zero-order valence-corrected chi connectivity index (χ0v) is 16.5. The van der Waals surface area contributed by atoms with Crippen LogP contribution < -0.4 is 5.73 Å². The molecule has 0 saturated carbocycles. The third-order valence-corrected chi connectivity index (χ3v) is 5.44. The fourth-order valence-corrected chi connectivity index (χ4v) is 3.96. The molecule has 1 aromatic heterocycles. The SMILES string of the molecule is CCCCCCCCCCCC(=O)n1c2ccccc2c2cc(N)ccc21. The molecule has 3 nitrogen and oxygen atoms in total. The number of anilines is 1. The molecule has 0 aliphatic rings. The van der Waals surface area contributed by atoms with E-state index in [1.165, 1.54) is 44.9 Å². The number of rotatable bonds is 10. The van der Waals surface area contributed by atoms with E-state index in [1.807, 2.05) is 41.0 Å². The second-order valence-electron chi connectivity index (χ2n) is 7.60. The lowest BCUT2D eigenvalue weighted by molar-refractivity contribution is 0.0909. The van der Waals surface area contributed by atoms with E-state index in [2.05, 4.69) is 13.0 Å². The van der Waals surface area contributed by atoms with E-state index in [1.54, 1.807) is 0 Å². The number of nitrogen functional groups attached to an aromatic ring is 1. The fraction of sp³-hybridized carbons (Fsp3) is 0.458. The summed E-state index contributed by atoms with van der Waals surface area (Å²) in [5.41, 5.74) is 8.65. The minimum absolute atomic E-state index is 0.189. The molecule has 27 heavy (non-hydrogen) atoms. The molecule has 2 aromatic carbocycles. The molecule has 0 unspecified atom stereocenters. The maximum atomic E-state index is 13.0. The Morgan fingerprint density at radius 1 is 0.815 bits per heavy atom. The van der Waals surface area contributed by atoms with Crippen LogP contribution in [-0.2, 0) is 0 Å². The standard InChI is InChI=1S/C24H32N2O/c1-2-3-4-5-6-7-8-9-10-15-24(27)26-22-14-12-11-13-20(22)21-18-19(25)16-17-23(21)26/h11-14,16-18H,2-10,15,25H2,1H3. The van der Waals surface area contributed by atoms with Crippen LogP contribution in [-0.4, -0.2) is 10.5 Å². The molecule has 0 amide bonds. The van der Waals surface area contributed by atoms with Crippen molar-refractivity contribution in [3.63, 3.8) is 0 Å². The normalized spacial score (nSPS) is 11.4. The van der Waals surface area contributed by atoms with Gasteiger partial charge in [0.25, 0.3) is 0 Å². The summed E-state index contributed by atoms with van der Waals surface area (Å²) >= 11 is 0. The maximum absolute atomic E-state index is 13.0. The largest absolute Gasteiger partial charge is 0.399 e. The molecule has 0 radical (unpaired) electrons. The molecular weight excluding hydrogens is 332 g/mol. The van der Waals surface area contributed by atoms with Crippen molar-refractivity contribution in [1.29, 1.82) is 0 Å². The minimum atomic E-state index is 0.189. The van der Waals surface area contributed by atoms with Crippen LogP contribution in [0.4, 0.5) is 5.69 Å². The number of carbonyl (C=O) groups is 1. The number of nitrogens with zero attached hydrogens (tertiary/aromatic N) is 1. The van der Waals surface area contributed by atoms with Gasteiger partial charge in [-0.25, -0.2) is 0 Å². The van der Waals surface area contributed by atoms with Gasteiger partial charge in [0.2, 0.25) is 5.91 Å². The first kappa shape index (κ1) is 19.5. The Morgan fingerprint density at radius 3 is 2.19 bits per heavy atom. The van der Waals surface area contributed by atoms with Crippen LogP contribution in [0, 0.1) is 0 Å². The van der Waals surface area contributed by atoms with Crippen molar-refractivity contribution in [2.75, 3.05) is 5.73 Å². The summed E-state index contributed by atoms with van der Waals surface area (Å²) in [6.07, 6.45) is 12.0. The van der Waals surface area contributed by atoms with Gasteiger partial charge >= 0.3 is 0 Å². The van der Waals surface area contributed by atoms with Crippen molar-refractivity contribution < 1.29 is 4.79 Å². The number of nitrogens with two attached hydrogens (primary N) is 1. The van der Waals surface area contributed by atoms with Gasteiger partial charge in [0.1, 0.15) is 0 Å². The number of para-hydroxylation sites is 1. The van der Waals surface area contributed by atoms with E-state index >= 15 is 0 Å². The summed E-state index contributed by atoms with van der Waals surface area (Å²) in [6.45, 7) is 2.25. The van der Waals surface area contributed by atoms with Gasteiger partial charge in [-0.3, -0.25) is 9.36 Å². The third-order valence-electron chi connectivity index (χ3n) is 5.44. The van der Waals surface area contributed by atoms with Crippen molar-refractivity contribution in [3.8, 4) is 0 Å². The van der Waals surface area contributed by atoms with Gasteiger partial charge < -0.3 is 5.73 Å². The Bertz CT molecular complexity index is 894. The second-order valence-corrected chi connectivity index (χ2v) is 7.60. The average Bonchev–Trinajstić information content (AvgIpc) is 3.00. The van der Waals surface area contributed by atoms with Gasteiger partial charge in [0, 0.05) is 22.9 Å². The van der Waals surface area contributed by atoms with E-state index in [0.717, 1.165) is 40.3 Å². The number of hydrogen-bond acceptors (Lipinski definition) is 2. The van der Waals surface area contributed by atoms with Crippen molar-refractivity contribution >= 4 is 33.4 Å². The van der Waals surface area contributed by atoms with Gasteiger partial charge in [-0.05, 0) is 30.7 Å². The highest BCUT2D eigenvalue weighted by atomic mass is 16.2. The van der Waals surface area contributed by atoms with Crippen molar-refractivity contribution in [1.82, 2.24) is 4.57 Å². The Balaban J connectivity index is 1.59. The Kier molecular flexibility index (Phi) is 6.92. The van der Waals surface area contributed by atoms with E-state index < -0.39 is 0 Å². The van der Waals surface area contributed by atoms with E-state index in [0.29, 0.717) is 6.42 Å². The Hall–Kier alpha value is -2.29. The summed E-state index contributed by atoms with van der Waals surface area (Å²) in [4.78, 5) is 13.0. The maximum Gasteiger partial charge on any atom is 0.231 e. The smallest absolute Gasteiger partial charge is 0.231 e. The molecule has 0 atom stereocenters. The van der Waals surface area contributed by atoms with Crippen LogP contribution in [0.25, 0.3) is 21.8 Å². The van der Waals surface area contributed by atoms with Gasteiger partial charge in [0.15, 0.2) is 0 Å². The molecule has 2 N–H and O–H groups in total. The number of benzene rings is 2. The van der Waals surface area contributed by atoms with Crippen LogP contribution in [0.3, 0.4) is 0 Å². The van der Waals surface area contributed by atoms with Gasteiger partial charge in [-0.15, -0.1) is 0 Å². The predicted octanol–water partition coefficient (Wildman–Crippen LogP) is 6.94. The predicted molar refractivity (Wildman–Crippen MR) is 116 cm³/mol. The summed E-state index contributed by atoms with van der Waals surface area (Å²) < 4.78 is 1.88. The summed E-state index contributed by atoms with van der Waals surface area (Å²) in [5, 5.41) is 2.16. The molecule has 0 bridgehead atoms. The lowest BCUT2D eigenvalue weighted by Crippen LogP contribution is -2.09. The molecule has 0 aliphatic heterocycles. The molecule has 3 aromatic rings. The first-order valence-electron chi connectivity index (χ1n) is 10.5. The van der Waals surface area contributed by atoms with Crippen molar-refractivity contribution in [2.45, 2.75) is 71.1 Å². The Morgan fingerprint density at radius 2 is 1.44 bits per heavy atom. The van der Waals surface area contributed by atoms with E-state index in [4.69, 9.17) is 5.73 Å². The number of hydrogen-bond donors (Lipinski definition) is 1. The highest BCUT2D eigenvalue weighted by Gasteiger charge is 2.15. The highest BCUT2D eigenvalue weighted by Crippen LogP contribution is 2.30. The molecule has 1 heterocycles. The molecule has 0 fully saturated rings. The first-order valence-corrected chi connectivity index (χ1v) is 10.5. The van der Waals surface area contributed by atoms with E-state index in [9.17, 15) is 4.79 Å². The summed E-state index contributed by atoms with van der Waals surface area (Å²) in [6, 6.07) is 13.9. The number of aromatic nitrogens is 1. The summed E-state index contributed by atoms with van der Waals surface area (Å²) in [5.74, 6) is 0.189. The zero-order valence-electron chi connectivity index (χ0n) is 16.5. The van der Waals surface area contributed by atoms with E-state index in [-0.39, 0.29) is 5.91 Å². The highest BCUT2D eigenvalue weighted by molar-refractivity contribution is 6.14. The number of carbonyl (C=O) groups excluding carboxylic acids is 1. The fourth-order valence-electron chi connectivity index (χ4n) is 3.96. The molecule has 144 valence electrons.